The predicted molar refractivity (Wildman–Crippen MR) is 98.8 cm³/mol. The van der Waals surface area contributed by atoms with Crippen molar-refractivity contribution in [2.45, 2.75) is 78.1 Å². The van der Waals surface area contributed by atoms with E-state index in [1.165, 1.54) is 38.2 Å². The molecule has 0 aliphatic heterocycles. The highest BCUT2D eigenvalue weighted by molar-refractivity contribution is 5.95. The van der Waals surface area contributed by atoms with Gasteiger partial charge in [0.15, 0.2) is 11.5 Å². The fourth-order valence-corrected chi connectivity index (χ4v) is 2.90. The maximum Gasteiger partial charge on any atom is 0.343 e. The van der Waals surface area contributed by atoms with Crippen LogP contribution in [-0.2, 0) is 6.42 Å². The number of aryl methyl sites for hydroxylation is 1. The number of phenolic OH excluding ortho intramolecular Hbond substituents is 1. The van der Waals surface area contributed by atoms with Crippen LogP contribution in [-0.4, -0.2) is 27.9 Å². The molecule has 0 bridgehead atoms. The van der Waals surface area contributed by atoms with Gasteiger partial charge < -0.3 is 20.1 Å². The van der Waals surface area contributed by atoms with Gasteiger partial charge >= 0.3 is 5.97 Å². The van der Waals surface area contributed by atoms with Crippen molar-refractivity contribution >= 4 is 5.97 Å². The Bertz CT molecular complexity index is 539. The quantitative estimate of drug-likeness (QED) is 0.332. The molecule has 5 nitrogen and oxygen atoms in total. The Hall–Kier alpha value is -1.91. The Labute approximate surface area is 150 Å². The second-order valence-corrected chi connectivity index (χ2v) is 6.49. The fourth-order valence-electron chi connectivity index (χ4n) is 2.90. The minimum atomic E-state index is -1.29. The fraction of sp³-hybridized carbons (Fsp3) is 0.650. The Kier molecular flexibility index (Phi) is 9.81. The number of aromatic hydroxyl groups is 2. The normalized spacial score (nSPS) is 10.8. The molecule has 1 rings (SSSR count). The topological polar surface area (TPSA) is 87.0 Å². The highest BCUT2D eigenvalue weighted by Gasteiger charge is 2.24. The summed E-state index contributed by atoms with van der Waals surface area (Å²) in [4.78, 5) is 11.5. The van der Waals surface area contributed by atoms with Gasteiger partial charge in [0.25, 0.3) is 0 Å². The molecule has 3 N–H and O–H groups in total. The largest absolute Gasteiger partial charge is 0.504 e. The zero-order valence-electron chi connectivity index (χ0n) is 15.5. The van der Waals surface area contributed by atoms with E-state index < -0.39 is 17.5 Å². The summed E-state index contributed by atoms with van der Waals surface area (Å²) in [6.07, 6.45) is 10.8. The van der Waals surface area contributed by atoms with Crippen molar-refractivity contribution in [1.82, 2.24) is 0 Å². The summed E-state index contributed by atoms with van der Waals surface area (Å²) in [7, 11) is 0. The smallest absolute Gasteiger partial charge is 0.343 e. The van der Waals surface area contributed by atoms with Gasteiger partial charge in [0, 0.05) is 0 Å². The number of hydrogen-bond acceptors (Lipinski definition) is 4. The number of phenols is 2. The summed E-state index contributed by atoms with van der Waals surface area (Å²) in [5, 5.41) is 29.1. The molecule has 0 spiro atoms. The Morgan fingerprint density at radius 1 is 0.960 bits per heavy atom. The van der Waals surface area contributed by atoms with Crippen LogP contribution in [0, 0.1) is 0 Å². The van der Waals surface area contributed by atoms with Crippen molar-refractivity contribution in [2.75, 3.05) is 6.61 Å². The van der Waals surface area contributed by atoms with Crippen molar-refractivity contribution in [3.63, 3.8) is 0 Å². The lowest BCUT2D eigenvalue weighted by molar-refractivity contribution is 0.0687. The van der Waals surface area contributed by atoms with Gasteiger partial charge in [0.05, 0.1) is 6.61 Å². The molecule has 0 fully saturated rings. The average molecular weight is 352 g/mol. The minimum absolute atomic E-state index is 0.188. The lowest BCUT2D eigenvalue weighted by atomic mass is 10.00. The van der Waals surface area contributed by atoms with Crippen molar-refractivity contribution in [1.29, 1.82) is 0 Å². The van der Waals surface area contributed by atoms with Crippen LogP contribution in [0.1, 0.15) is 87.6 Å². The maximum atomic E-state index is 11.5. The van der Waals surface area contributed by atoms with Crippen LogP contribution in [0.4, 0.5) is 0 Å². The summed E-state index contributed by atoms with van der Waals surface area (Å²) < 4.78 is 5.59. The van der Waals surface area contributed by atoms with E-state index >= 15 is 0 Å². The van der Waals surface area contributed by atoms with Crippen LogP contribution in [0.3, 0.4) is 0 Å². The molecule has 0 saturated carbocycles. The van der Waals surface area contributed by atoms with E-state index in [0.717, 1.165) is 25.7 Å². The molecule has 25 heavy (non-hydrogen) atoms. The van der Waals surface area contributed by atoms with Crippen LogP contribution >= 0.6 is 0 Å². The summed E-state index contributed by atoms with van der Waals surface area (Å²) in [6.45, 7) is 4.50. The van der Waals surface area contributed by atoms with Crippen LogP contribution in [0.15, 0.2) is 6.07 Å². The van der Waals surface area contributed by atoms with Crippen LogP contribution in [0.2, 0.25) is 0 Å². The van der Waals surface area contributed by atoms with Gasteiger partial charge in [-0.3, -0.25) is 0 Å². The molecule has 0 aromatic heterocycles. The molecule has 142 valence electrons. The number of ether oxygens (including phenoxy) is 1. The standard InChI is InChI=1S/C20H32O5/c1-3-5-6-7-8-9-10-11-12-15-14-16(21)18(22)17(20(23)24)19(15)25-13-4-2/h14,21-22H,3-13H2,1-2H3,(H,23,24). The van der Waals surface area contributed by atoms with Gasteiger partial charge in [-0.05, 0) is 30.9 Å². The zero-order valence-corrected chi connectivity index (χ0v) is 15.5. The van der Waals surface area contributed by atoms with Crippen molar-refractivity contribution < 1.29 is 24.9 Å². The van der Waals surface area contributed by atoms with Gasteiger partial charge in [-0.25, -0.2) is 4.79 Å². The first-order valence-electron chi connectivity index (χ1n) is 9.46. The van der Waals surface area contributed by atoms with Crippen LogP contribution in [0.25, 0.3) is 0 Å². The number of benzene rings is 1. The van der Waals surface area contributed by atoms with Gasteiger partial charge in [0.2, 0.25) is 0 Å². The summed E-state index contributed by atoms with van der Waals surface area (Å²) >= 11 is 0. The second-order valence-electron chi connectivity index (χ2n) is 6.49. The first-order valence-corrected chi connectivity index (χ1v) is 9.46. The minimum Gasteiger partial charge on any atom is -0.504 e. The van der Waals surface area contributed by atoms with Crippen molar-refractivity contribution in [3.8, 4) is 17.2 Å². The van der Waals surface area contributed by atoms with Gasteiger partial charge in [-0.15, -0.1) is 0 Å². The maximum absolute atomic E-state index is 11.5. The molecule has 0 atom stereocenters. The summed E-state index contributed by atoms with van der Waals surface area (Å²) in [5.74, 6) is -2.14. The monoisotopic (exact) mass is 352 g/mol. The van der Waals surface area contributed by atoms with Crippen LogP contribution < -0.4 is 4.74 Å². The van der Waals surface area contributed by atoms with E-state index in [9.17, 15) is 20.1 Å². The van der Waals surface area contributed by atoms with E-state index in [0.29, 0.717) is 18.6 Å². The lowest BCUT2D eigenvalue weighted by Gasteiger charge is -2.16. The third-order valence-electron chi connectivity index (χ3n) is 4.27. The Morgan fingerprint density at radius 3 is 2.12 bits per heavy atom. The summed E-state index contributed by atoms with van der Waals surface area (Å²) in [6, 6.07) is 1.42. The molecule has 0 heterocycles. The number of hydrogen-bond donors (Lipinski definition) is 3. The average Bonchev–Trinajstić information content (AvgIpc) is 2.58. The molecule has 1 aromatic carbocycles. The molecular weight excluding hydrogens is 320 g/mol. The molecule has 1 aromatic rings. The first kappa shape index (κ1) is 21.1. The van der Waals surface area contributed by atoms with E-state index in [-0.39, 0.29) is 11.3 Å². The predicted octanol–water partition coefficient (Wildman–Crippen LogP) is 5.27. The second kappa shape index (κ2) is 11.6. The molecular formula is C20H32O5. The van der Waals surface area contributed by atoms with E-state index in [4.69, 9.17) is 4.74 Å². The Balaban J connectivity index is 2.69. The lowest BCUT2D eigenvalue weighted by Crippen LogP contribution is -2.07. The number of carbonyl (C=O) groups is 1. The highest BCUT2D eigenvalue weighted by Crippen LogP contribution is 2.39. The van der Waals surface area contributed by atoms with Gasteiger partial charge in [-0.2, -0.15) is 0 Å². The van der Waals surface area contributed by atoms with Gasteiger partial charge in [0.1, 0.15) is 11.3 Å². The first-order chi connectivity index (χ1) is 12.0. The highest BCUT2D eigenvalue weighted by atomic mass is 16.5. The van der Waals surface area contributed by atoms with Crippen molar-refractivity contribution in [3.05, 3.63) is 17.2 Å². The molecule has 0 aliphatic rings. The number of rotatable bonds is 13. The van der Waals surface area contributed by atoms with Gasteiger partial charge in [-0.1, -0.05) is 58.8 Å². The number of carboxylic acids is 1. The van der Waals surface area contributed by atoms with E-state index in [1.807, 2.05) is 6.92 Å². The number of carboxylic acid groups (broad SMARTS) is 1. The third kappa shape index (κ3) is 6.85. The molecule has 0 aliphatic carbocycles. The molecule has 0 unspecified atom stereocenters. The molecule has 0 amide bonds. The SMILES string of the molecule is CCCCCCCCCCc1cc(O)c(O)c(C(=O)O)c1OCCC. The van der Waals surface area contributed by atoms with Crippen LogP contribution in [0.5, 0.6) is 17.2 Å². The molecule has 5 heteroatoms. The Morgan fingerprint density at radius 2 is 1.56 bits per heavy atom. The third-order valence-corrected chi connectivity index (χ3v) is 4.27. The van der Waals surface area contributed by atoms with Crippen molar-refractivity contribution in [2.24, 2.45) is 0 Å². The molecule has 0 radical (unpaired) electrons. The zero-order chi connectivity index (χ0) is 18.7. The number of aromatic carboxylic acids is 1. The number of unbranched alkanes of at least 4 members (excludes halogenated alkanes) is 7. The summed E-state index contributed by atoms with van der Waals surface area (Å²) in [5.41, 5.74) is 0.301. The van der Waals surface area contributed by atoms with E-state index in [2.05, 4.69) is 6.92 Å². The van der Waals surface area contributed by atoms with E-state index in [1.54, 1.807) is 0 Å². The molecule has 0 saturated heterocycles.